The zero-order valence-electron chi connectivity index (χ0n) is 16.7. The summed E-state index contributed by atoms with van der Waals surface area (Å²) in [4.78, 5) is 2.27. The van der Waals surface area contributed by atoms with Gasteiger partial charge < -0.3 is 4.42 Å². The molecule has 4 nitrogen and oxygen atoms in total. The molecule has 4 rings (SSSR count). The van der Waals surface area contributed by atoms with Crippen LogP contribution in [0, 0.1) is 0 Å². The monoisotopic (exact) mass is 423 g/mol. The molecule has 150 valence electrons. The minimum Gasteiger partial charge on any atom is -0.418 e. The van der Waals surface area contributed by atoms with E-state index in [2.05, 4.69) is 71.1 Å². The third-order valence-electron chi connectivity index (χ3n) is 4.92. The smallest absolute Gasteiger partial charge is 0.257 e. The van der Waals surface area contributed by atoms with E-state index < -0.39 is 0 Å². The average molecular weight is 424 g/mol. The van der Waals surface area contributed by atoms with Gasteiger partial charge in [0.2, 0.25) is 5.89 Å². The average Bonchev–Trinajstić information content (AvgIpc) is 3.51. The standard InChI is InChI=1S/C23H25N3OS2/c1-3-4-7-17-10-12-18(13-11-17)21(19-8-5-14-28-19)24-16(2)22-25-26-23(27-22)20-9-6-15-29-20/h5-6,8-16,21,24H,3-4,7H2,1-2H3/t16-,21-/m1/s1. The van der Waals surface area contributed by atoms with E-state index in [4.69, 9.17) is 4.42 Å². The van der Waals surface area contributed by atoms with Crippen molar-refractivity contribution < 1.29 is 4.42 Å². The zero-order valence-corrected chi connectivity index (χ0v) is 18.3. The summed E-state index contributed by atoms with van der Waals surface area (Å²) in [6.07, 6.45) is 3.58. The second-order valence-corrected chi connectivity index (χ2v) is 9.03. The molecule has 0 aliphatic carbocycles. The lowest BCUT2D eigenvalue weighted by Crippen LogP contribution is -2.25. The molecule has 29 heavy (non-hydrogen) atoms. The number of aromatic nitrogens is 2. The molecule has 0 aliphatic heterocycles. The highest BCUT2D eigenvalue weighted by Gasteiger charge is 2.22. The largest absolute Gasteiger partial charge is 0.418 e. The molecule has 4 aromatic rings. The molecule has 1 N–H and O–H groups in total. The fourth-order valence-electron chi connectivity index (χ4n) is 3.29. The summed E-state index contributed by atoms with van der Waals surface area (Å²) in [5.41, 5.74) is 2.64. The zero-order chi connectivity index (χ0) is 20.1. The molecule has 0 aliphatic rings. The highest BCUT2D eigenvalue weighted by Crippen LogP contribution is 2.30. The van der Waals surface area contributed by atoms with Crippen LogP contribution >= 0.6 is 22.7 Å². The van der Waals surface area contributed by atoms with E-state index in [-0.39, 0.29) is 12.1 Å². The lowest BCUT2D eigenvalue weighted by molar-refractivity contribution is 0.405. The number of rotatable bonds is 9. The third kappa shape index (κ3) is 4.83. The normalized spacial score (nSPS) is 13.4. The number of hydrogen-bond acceptors (Lipinski definition) is 6. The van der Waals surface area contributed by atoms with Crippen LogP contribution in [0.5, 0.6) is 0 Å². The lowest BCUT2D eigenvalue weighted by atomic mass is 10.0. The summed E-state index contributed by atoms with van der Waals surface area (Å²) in [6, 6.07) is 17.2. The van der Waals surface area contributed by atoms with E-state index in [0.717, 1.165) is 11.3 Å². The molecule has 2 atom stereocenters. The third-order valence-corrected chi connectivity index (χ3v) is 6.71. The summed E-state index contributed by atoms with van der Waals surface area (Å²) in [6.45, 7) is 4.30. The van der Waals surface area contributed by atoms with Crippen molar-refractivity contribution in [3.05, 3.63) is 81.2 Å². The Labute approximate surface area is 179 Å². The molecular weight excluding hydrogens is 398 g/mol. The van der Waals surface area contributed by atoms with Gasteiger partial charge in [-0.2, -0.15) is 0 Å². The Bertz CT molecular complexity index is 991. The van der Waals surface area contributed by atoms with E-state index in [1.165, 1.54) is 28.8 Å². The van der Waals surface area contributed by atoms with Gasteiger partial charge in [-0.1, -0.05) is 49.7 Å². The Morgan fingerprint density at radius 2 is 1.79 bits per heavy atom. The summed E-state index contributed by atoms with van der Waals surface area (Å²) in [7, 11) is 0. The van der Waals surface area contributed by atoms with Gasteiger partial charge in [-0.15, -0.1) is 32.9 Å². The molecule has 1 aromatic carbocycles. The van der Waals surface area contributed by atoms with Crippen molar-refractivity contribution in [2.24, 2.45) is 0 Å². The summed E-state index contributed by atoms with van der Waals surface area (Å²) < 4.78 is 5.94. The molecule has 0 amide bonds. The molecule has 6 heteroatoms. The van der Waals surface area contributed by atoms with E-state index >= 15 is 0 Å². The molecule has 0 fully saturated rings. The van der Waals surface area contributed by atoms with E-state index in [1.807, 2.05) is 17.5 Å². The number of unbranched alkanes of at least 4 members (excludes halogenated alkanes) is 1. The van der Waals surface area contributed by atoms with Crippen molar-refractivity contribution in [3.63, 3.8) is 0 Å². The van der Waals surface area contributed by atoms with E-state index in [9.17, 15) is 0 Å². The molecule has 0 radical (unpaired) electrons. The minimum absolute atomic E-state index is 0.0666. The van der Waals surface area contributed by atoms with Crippen molar-refractivity contribution in [3.8, 4) is 10.8 Å². The maximum Gasteiger partial charge on any atom is 0.257 e. The van der Waals surface area contributed by atoms with Crippen molar-refractivity contribution in [1.82, 2.24) is 15.5 Å². The minimum atomic E-state index is -0.0666. The molecule has 0 unspecified atom stereocenters. The second-order valence-electron chi connectivity index (χ2n) is 7.10. The Morgan fingerprint density at radius 1 is 1.00 bits per heavy atom. The van der Waals surface area contributed by atoms with Crippen molar-refractivity contribution in [2.45, 2.75) is 45.2 Å². The molecule has 0 saturated heterocycles. The first-order valence-electron chi connectivity index (χ1n) is 10.00. The Hall–Kier alpha value is -2.28. The van der Waals surface area contributed by atoms with Gasteiger partial charge >= 0.3 is 0 Å². The van der Waals surface area contributed by atoms with Crippen LogP contribution in [-0.2, 0) is 6.42 Å². The van der Waals surface area contributed by atoms with Crippen molar-refractivity contribution >= 4 is 22.7 Å². The number of nitrogens with zero attached hydrogens (tertiary/aromatic N) is 2. The Kier molecular flexibility index (Phi) is 6.54. The second kappa shape index (κ2) is 9.48. The van der Waals surface area contributed by atoms with Gasteiger partial charge in [-0.3, -0.25) is 5.32 Å². The Balaban J connectivity index is 1.53. The summed E-state index contributed by atoms with van der Waals surface area (Å²) >= 11 is 3.36. The van der Waals surface area contributed by atoms with Crippen molar-refractivity contribution in [2.75, 3.05) is 0 Å². The quantitative estimate of drug-likeness (QED) is 0.328. The molecule has 3 aromatic heterocycles. The number of benzene rings is 1. The van der Waals surface area contributed by atoms with Crippen LogP contribution < -0.4 is 5.32 Å². The van der Waals surface area contributed by atoms with Gasteiger partial charge in [0.25, 0.3) is 5.89 Å². The van der Waals surface area contributed by atoms with Crippen LogP contribution in [-0.4, -0.2) is 10.2 Å². The highest BCUT2D eigenvalue weighted by atomic mass is 32.1. The molecule has 3 heterocycles. The van der Waals surface area contributed by atoms with Gasteiger partial charge in [0, 0.05) is 4.88 Å². The topological polar surface area (TPSA) is 51.0 Å². The van der Waals surface area contributed by atoms with Gasteiger partial charge in [0.05, 0.1) is 17.0 Å². The molecule has 0 bridgehead atoms. The highest BCUT2D eigenvalue weighted by molar-refractivity contribution is 7.13. The predicted molar refractivity (Wildman–Crippen MR) is 120 cm³/mol. The molecule has 0 spiro atoms. The van der Waals surface area contributed by atoms with Crippen LogP contribution in [0.25, 0.3) is 10.8 Å². The van der Waals surface area contributed by atoms with Crippen LogP contribution in [0.4, 0.5) is 0 Å². The fraction of sp³-hybridized carbons (Fsp3) is 0.304. The number of hydrogen-bond donors (Lipinski definition) is 1. The molecular formula is C23H25N3OS2. The maximum absolute atomic E-state index is 5.94. The predicted octanol–water partition coefficient (Wildman–Crippen LogP) is 6.64. The van der Waals surface area contributed by atoms with E-state index in [0.29, 0.717) is 11.8 Å². The van der Waals surface area contributed by atoms with Crippen LogP contribution in [0.15, 0.2) is 63.7 Å². The van der Waals surface area contributed by atoms with Gasteiger partial charge in [0.15, 0.2) is 0 Å². The van der Waals surface area contributed by atoms with Gasteiger partial charge in [-0.05, 0) is 53.8 Å². The number of aryl methyl sites for hydroxylation is 1. The lowest BCUT2D eigenvalue weighted by Gasteiger charge is -2.21. The summed E-state index contributed by atoms with van der Waals surface area (Å²) in [5, 5.41) is 16.3. The first kappa shape index (κ1) is 20.0. The molecule has 0 saturated carbocycles. The van der Waals surface area contributed by atoms with Crippen LogP contribution in [0.2, 0.25) is 0 Å². The number of nitrogens with one attached hydrogen (secondary N) is 1. The number of thiophene rings is 2. The fourth-order valence-corrected chi connectivity index (χ4v) is 4.74. The van der Waals surface area contributed by atoms with Crippen molar-refractivity contribution in [1.29, 1.82) is 0 Å². The van der Waals surface area contributed by atoms with Gasteiger partial charge in [0.1, 0.15) is 0 Å². The van der Waals surface area contributed by atoms with Gasteiger partial charge in [-0.25, -0.2) is 0 Å². The van der Waals surface area contributed by atoms with E-state index in [1.54, 1.807) is 22.7 Å². The maximum atomic E-state index is 5.94. The first-order chi connectivity index (χ1) is 14.2. The van der Waals surface area contributed by atoms with Crippen LogP contribution in [0.3, 0.4) is 0 Å². The van der Waals surface area contributed by atoms with Crippen LogP contribution in [0.1, 0.15) is 60.7 Å². The first-order valence-corrected chi connectivity index (χ1v) is 11.8. The summed E-state index contributed by atoms with van der Waals surface area (Å²) in [5.74, 6) is 1.19. The Morgan fingerprint density at radius 3 is 2.48 bits per heavy atom. The SMILES string of the molecule is CCCCc1ccc([C@@H](N[C@H](C)c2nnc(-c3cccs3)o2)c2cccs2)cc1.